The van der Waals surface area contributed by atoms with E-state index in [-0.39, 0.29) is 17.4 Å². The Bertz CT molecular complexity index is 396. The standard InChI is InChI=1S/C15H27N3O2/c1-14(2,3)15(4)12(19)18(13(20)17-15)10-8-11-7-5-6-9-16-11/h11,16H,5-10H2,1-4H3,(H,17,20). The molecule has 2 aliphatic heterocycles. The normalized spacial score (nSPS) is 31.6. The summed E-state index contributed by atoms with van der Waals surface area (Å²) in [6, 6.07) is 0.189. The number of amides is 3. The van der Waals surface area contributed by atoms with E-state index >= 15 is 0 Å². The Kier molecular flexibility index (Phi) is 4.09. The van der Waals surface area contributed by atoms with Crippen LogP contribution in [0.3, 0.4) is 0 Å². The topological polar surface area (TPSA) is 61.4 Å². The molecule has 5 heteroatoms. The van der Waals surface area contributed by atoms with Crippen molar-refractivity contribution in [2.75, 3.05) is 13.1 Å². The van der Waals surface area contributed by atoms with E-state index < -0.39 is 5.54 Å². The first-order valence-electron chi connectivity index (χ1n) is 7.63. The minimum atomic E-state index is -0.802. The SMILES string of the molecule is CC(C)(C)C1(C)NC(=O)N(CCC2CCCCN2)C1=O. The Balaban J connectivity index is 1.98. The van der Waals surface area contributed by atoms with Crippen molar-refractivity contribution in [3.05, 3.63) is 0 Å². The lowest BCUT2D eigenvalue weighted by atomic mass is 9.75. The molecule has 2 atom stereocenters. The van der Waals surface area contributed by atoms with Crippen molar-refractivity contribution in [2.45, 2.75) is 65.0 Å². The molecule has 0 aromatic carbocycles. The van der Waals surface area contributed by atoms with Crippen LogP contribution in [-0.2, 0) is 4.79 Å². The monoisotopic (exact) mass is 281 g/mol. The molecule has 2 rings (SSSR count). The summed E-state index contributed by atoms with van der Waals surface area (Å²) in [7, 11) is 0. The van der Waals surface area contributed by atoms with Gasteiger partial charge in [-0.2, -0.15) is 0 Å². The van der Waals surface area contributed by atoms with Gasteiger partial charge in [-0.3, -0.25) is 9.69 Å². The molecule has 0 aliphatic carbocycles. The van der Waals surface area contributed by atoms with Crippen LogP contribution in [-0.4, -0.2) is 41.5 Å². The van der Waals surface area contributed by atoms with E-state index in [2.05, 4.69) is 10.6 Å². The van der Waals surface area contributed by atoms with Gasteiger partial charge in [0.1, 0.15) is 5.54 Å². The fraction of sp³-hybridized carbons (Fsp3) is 0.867. The molecule has 3 amide bonds. The van der Waals surface area contributed by atoms with Crippen LogP contribution in [0.2, 0.25) is 0 Å². The van der Waals surface area contributed by atoms with Gasteiger partial charge in [0.05, 0.1) is 0 Å². The number of rotatable bonds is 3. The molecule has 2 unspecified atom stereocenters. The fourth-order valence-electron chi connectivity index (χ4n) is 2.86. The van der Waals surface area contributed by atoms with Crippen molar-refractivity contribution < 1.29 is 9.59 Å². The highest BCUT2D eigenvalue weighted by molar-refractivity contribution is 6.07. The molecule has 0 radical (unpaired) electrons. The molecule has 5 nitrogen and oxygen atoms in total. The number of piperidine rings is 1. The van der Waals surface area contributed by atoms with Gasteiger partial charge in [-0.1, -0.05) is 27.2 Å². The van der Waals surface area contributed by atoms with Gasteiger partial charge in [0.15, 0.2) is 0 Å². The van der Waals surface area contributed by atoms with Gasteiger partial charge in [-0.05, 0) is 38.1 Å². The van der Waals surface area contributed by atoms with E-state index in [1.54, 1.807) is 0 Å². The second-order valence-electron chi connectivity index (χ2n) is 7.20. The number of nitrogens with one attached hydrogen (secondary N) is 2. The quantitative estimate of drug-likeness (QED) is 0.776. The van der Waals surface area contributed by atoms with Crippen molar-refractivity contribution >= 4 is 11.9 Å². The van der Waals surface area contributed by atoms with Crippen molar-refractivity contribution in [3.63, 3.8) is 0 Å². The average Bonchev–Trinajstić information content (AvgIpc) is 2.60. The summed E-state index contributed by atoms with van der Waals surface area (Å²) in [5.41, 5.74) is -1.10. The first kappa shape index (κ1) is 15.3. The van der Waals surface area contributed by atoms with Crippen LogP contribution in [0.4, 0.5) is 4.79 Å². The molecule has 114 valence electrons. The lowest BCUT2D eigenvalue weighted by Crippen LogP contribution is -2.54. The number of carbonyl (C=O) groups excluding carboxylic acids is 2. The maximum atomic E-state index is 12.6. The smallest absolute Gasteiger partial charge is 0.323 e. The molecule has 0 saturated carbocycles. The highest BCUT2D eigenvalue weighted by Gasteiger charge is 2.54. The van der Waals surface area contributed by atoms with E-state index in [1.807, 2.05) is 27.7 Å². The predicted octanol–water partition coefficient (Wildman–Crippen LogP) is 1.88. The molecule has 2 heterocycles. The maximum Gasteiger partial charge on any atom is 0.325 e. The molecule has 2 fully saturated rings. The van der Waals surface area contributed by atoms with Gasteiger partial charge in [0, 0.05) is 12.6 Å². The largest absolute Gasteiger partial charge is 0.325 e. The van der Waals surface area contributed by atoms with Gasteiger partial charge in [-0.15, -0.1) is 0 Å². The van der Waals surface area contributed by atoms with E-state index in [0.717, 1.165) is 19.4 Å². The third-order valence-corrected chi connectivity index (χ3v) is 4.89. The molecule has 2 N–H and O–H groups in total. The minimum absolute atomic E-state index is 0.0918. The zero-order valence-electron chi connectivity index (χ0n) is 13.1. The molecule has 2 saturated heterocycles. The zero-order chi connectivity index (χ0) is 15.0. The highest BCUT2D eigenvalue weighted by atomic mass is 16.2. The van der Waals surface area contributed by atoms with Crippen molar-refractivity contribution in [1.29, 1.82) is 0 Å². The lowest BCUT2D eigenvalue weighted by molar-refractivity contribution is -0.134. The Hall–Kier alpha value is -1.10. The molecule has 20 heavy (non-hydrogen) atoms. The Morgan fingerprint density at radius 2 is 2.00 bits per heavy atom. The molecule has 0 bridgehead atoms. The minimum Gasteiger partial charge on any atom is -0.323 e. The summed E-state index contributed by atoms with van der Waals surface area (Å²) < 4.78 is 0. The van der Waals surface area contributed by atoms with Crippen LogP contribution in [0.5, 0.6) is 0 Å². The van der Waals surface area contributed by atoms with E-state index in [9.17, 15) is 9.59 Å². The Morgan fingerprint density at radius 3 is 2.50 bits per heavy atom. The third kappa shape index (κ3) is 2.68. The zero-order valence-corrected chi connectivity index (χ0v) is 13.1. The van der Waals surface area contributed by atoms with E-state index in [1.165, 1.54) is 17.7 Å². The molecule has 0 aromatic rings. The molecule has 0 aromatic heterocycles. The van der Waals surface area contributed by atoms with Crippen LogP contribution in [0.25, 0.3) is 0 Å². The van der Waals surface area contributed by atoms with Gasteiger partial charge in [0.2, 0.25) is 0 Å². The van der Waals surface area contributed by atoms with Crippen LogP contribution in [0, 0.1) is 5.41 Å². The van der Waals surface area contributed by atoms with Gasteiger partial charge >= 0.3 is 6.03 Å². The van der Waals surface area contributed by atoms with Crippen molar-refractivity contribution in [2.24, 2.45) is 5.41 Å². The number of imide groups is 1. The lowest BCUT2D eigenvalue weighted by Gasteiger charge is -2.35. The van der Waals surface area contributed by atoms with Crippen LogP contribution in [0.1, 0.15) is 53.4 Å². The maximum absolute atomic E-state index is 12.6. The van der Waals surface area contributed by atoms with Crippen molar-refractivity contribution in [1.82, 2.24) is 15.5 Å². The Labute approximate surface area is 121 Å². The summed E-state index contributed by atoms with van der Waals surface area (Å²) in [6.07, 6.45) is 4.44. The van der Waals surface area contributed by atoms with Crippen molar-refractivity contribution in [3.8, 4) is 0 Å². The average molecular weight is 281 g/mol. The van der Waals surface area contributed by atoms with E-state index in [0.29, 0.717) is 12.6 Å². The fourth-order valence-corrected chi connectivity index (χ4v) is 2.86. The summed E-state index contributed by atoms with van der Waals surface area (Å²) >= 11 is 0. The Morgan fingerprint density at radius 1 is 1.30 bits per heavy atom. The second-order valence-corrected chi connectivity index (χ2v) is 7.20. The number of urea groups is 1. The first-order valence-corrected chi connectivity index (χ1v) is 7.63. The van der Waals surface area contributed by atoms with Crippen LogP contribution < -0.4 is 10.6 Å². The first-order chi connectivity index (χ1) is 9.25. The number of nitrogens with zero attached hydrogens (tertiary/aromatic N) is 1. The molecular weight excluding hydrogens is 254 g/mol. The third-order valence-electron chi connectivity index (χ3n) is 4.89. The second kappa shape index (κ2) is 5.35. The van der Waals surface area contributed by atoms with Gasteiger partial charge in [0.25, 0.3) is 5.91 Å². The van der Waals surface area contributed by atoms with Gasteiger partial charge < -0.3 is 10.6 Å². The van der Waals surface area contributed by atoms with Gasteiger partial charge in [-0.25, -0.2) is 4.79 Å². The number of hydrogen-bond donors (Lipinski definition) is 2. The molecule has 0 spiro atoms. The summed E-state index contributed by atoms with van der Waals surface area (Å²) in [5, 5.41) is 6.33. The van der Waals surface area contributed by atoms with Crippen LogP contribution >= 0.6 is 0 Å². The molecule has 2 aliphatic rings. The van der Waals surface area contributed by atoms with Crippen LogP contribution in [0.15, 0.2) is 0 Å². The number of hydrogen-bond acceptors (Lipinski definition) is 3. The summed E-state index contributed by atoms with van der Waals surface area (Å²) in [4.78, 5) is 26.1. The van der Waals surface area contributed by atoms with E-state index in [4.69, 9.17) is 0 Å². The highest BCUT2D eigenvalue weighted by Crippen LogP contribution is 2.35. The summed E-state index contributed by atoms with van der Waals surface area (Å²) in [6.45, 7) is 9.33. The predicted molar refractivity (Wildman–Crippen MR) is 78.4 cm³/mol. The summed E-state index contributed by atoms with van der Waals surface area (Å²) in [5.74, 6) is -0.0918. The number of carbonyl (C=O) groups is 2. The molecular formula is C15H27N3O2.